The molecule has 2 N–H and O–H groups in total. The van der Waals surface area contributed by atoms with E-state index in [1.807, 2.05) is 0 Å². The van der Waals surface area contributed by atoms with Gasteiger partial charge in [0.25, 0.3) is 0 Å². The van der Waals surface area contributed by atoms with Crippen LogP contribution in [0.4, 0.5) is 5.69 Å². The fourth-order valence-electron chi connectivity index (χ4n) is 1.33. The van der Waals surface area contributed by atoms with Gasteiger partial charge in [0.15, 0.2) is 11.5 Å². The second-order valence-electron chi connectivity index (χ2n) is 3.29. The van der Waals surface area contributed by atoms with E-state index in [9.17, 15) is 4.79 Å². The molecule has 94 valence electrons. The minimum Gasteiger partial charge on any atom is -0.481 e. The Balaban J connectivity index is 2.42. The molecule has 0 aliphatic rings. The van der Waals surface area contributed by atoms with Crippen molar-refractivity contribution in [2.45, 2.75) is 0 Å². The first kappa shape index (κ1) is 11.8. The Morgan fingerprint density at radius 1 is 1.39 bits per heavy atom. The van der Waals surface area contributed by atoms with Crippen molar-refractivity contribution < 1.29 is 14.3 Å². The third-order valence-electron chi connectivity index (χ3n) is 2.19. The normalized spacial score (nSPS) is 10.1. The summed E-state index contributed by atoms with van der Waals surface area (Å²) in [6.07, 6.45) is 2.79. The quantitative estimate of drug-likeness (QED) is 0.765. The lowest BCUT2D eigenvalue weighted by atomic mass is 10.4. The SMILES string of the molecule is COC(=O)c1nn(-c2cc(OC)ncn2)cc1N. The van der Waals surface area contributed by atoms with Gasteiger partial charge in [-0.1, -0.05) is 0 Å². The second-order valence-corrected chi connectivity index (χ2v) is 3.29. The van der Waals surface area contributed by atoms with Crippen LogP contribution in [-0.2, 0) is 4.74 Å². The van der Waals surface area contributed by atoms with Crippen molar-refractivity contribution in [1.29, 1.82) is 0 Å². The first-order valence-electron chi connectivity index (χ1n) is 4.95. The summed E-state index contributed by atoms with van der Waals surface area (Å²) in [5.74, 6) is 0.213. The summed E-state index contributed by atoms with van der Waals surface area (Å²) in [4.78, 5) is 19.2. The summed E-state index contributed by atoms with van der Waals surface area (Å²) in [6.45, 7) is 0. The first-order chi connectivity index (χ1) is 8.65. The zero-order valence-electron chi connectivity index (χ0n) is 9.82. The molecule has 0 unspecified atom stereocenters. The zero-order valence-corrected chi connectivity index (χ0v) is 9.82. The number of nitrogens with two attached hydrogens (primary N) is 1. The zero-order chi connectivity index (χ0) is 13.1. The van der Waals surface area contributed by atoms with Gasteiger partial charge in [0, 0.05) is 6.07 Å². The number of rotatable bonds is 3. The molecule has 8 heteroatoms. The maximum absolute atomic E-state index is 11.4. The van der Waals surface area contributed by atoms with Gasteiger partial charge in [-0.25, -0.2) is 19.4 Å². The number of nitrogen functional groups attached to an aromatic ring is 1. The molecule has 0 saturated heterocycles. The number of hydrogen-bond donors (Lipinski definition) is 1. The Kier molecular flexibility index (Phi) is 3.09. The van der Waals surface area contributed by atoms with E-state index in [-0.39, 0.29) is 11.4 Å². The van der Waals surface area contributed by atoms with Crippen LogP contribution in [0, 0.1) is 0 Å². The highest BCUT2D eigenvalue weighted by molar-refractivity contribution is 5.92. The molecule has 2 rings (SSSR count). The standard InChI is InChI=1S/C10H11N5O3/c1-17-8-3-7(12-5-13-8)15-4-6(11)9(14-15)10(16)18-2/h3-5H,11H2,1-2H3. The molecule has 2 aromatic heterocycles. The topological polar surface area (TPSA) is 105 Å². The van der Waals surface area contributed by atoms with Crippen LogP contribution in [0.1, 0.15) is 10.5 Å². The summed E-state index contributed by atoms with van der Waals surface area (Å²) in [5, 5.41) is 4.00. The largest absolute Gasteiger partial charge is 0.481 e. The van der Waals surface area contributed by atoms with Crippen LogP contribution in [0.15, 0.2) is 18.6 Å². The van der Waals surface area contributed by atoms with Crippen LogP contribution in [-0.4, -0.2) is 39.9 Å². The molecule has 0 aliphatic carbocycles. The molecule has 8 nitrogen and oxygen atoms in total. The van der Waals surface area contributed by atoms with E-state index in [0.717, 1.165) is 0 Å². The van der Waals surface area contributed by atoms with Crippen LogP contribution in [0.25, 0.3) is 5.82 Å². The minimum atomic E-state index is -0.604. The summed E-state index contributed by atoms with van der Waals surface area (Å²) in [7, 11) is 2.75. The number of carbonyl (C=O) groups excluding carboxylic acids is 1. The van der Waals surface area contributed by atoms with Crippen molar-refractivity contribution >= 4 is 11.7 Å². The Morgan fingerprint density at radius 2 is 2.17 bits per heavy atom. The average Bonchev–Trinajstić information content (AvgIpc) is 2.80. The highest BCUT2D eigenvalue weighted by Crippen LogP contribution is 2.15. The van der Waals surface area contributed by atoms with Gasteiger partial charge in [-0.05, 0) is 0 Å². The van der Waals surface area contributed by atoms with Gasteiger partial charge >= 0.3 is 5.97 Å². The summed E-state index contributed by atoms with van der Waals surface area (Å²) in [6, 6.07) is 1.56. The molecular weight excluding hydrogens is 238 g/mol. The predicted octanol–water partition coefficient (Wildman–Crippen LogP) is 0.0397. The maximum atomic E-state index is 11.4. The fourth-order valence-corrected chi connectivity index (χ4v) is 1.33. The number of methoxy groups -OCH3 is 2. The molecule has 0 bridgehead atoms. The van der Waals surface area contributed by atoms with E-state index in [1.54, 1.807) is 6.07 Å². The third kappa shape index (κ3) is 2.08. The summed E-state index contributed by atoms with van der Waals surface area (Å²) < 4.78 is 10.9. The van der Waals surface area contributed by atoms with Crippen LogP contribution in [0.2, 0.25) is 0 Å². The lowest BCUT2D eigenvalue weighted by Crippen LogP contribution is -2.06. The molecule has 0 aromatic carbocycles. The number of aromatic nitrogens is 4. The number of anilines is 1. The van der Waals surface area contributed by atoms with Crippen molar-refractivity contribution in [1.82, 2.24) is 19.7 Å². The van der Waals surface area contributed by atoms with Gasteiger partial charge in [-0.3, -0.25) is 0 Å². The predicted molar refractivity (Wildman–Crippen MR) is 61.5 cm³/mol. The molecule has 2 heterocycles. The molecule has 2 aromatic rings. The first-order valence-corrected chi connectivity index (χ1v) is 4.95. The number of nitrogens with zero attached hydrogens (tertiary/aromatic N) is 4. The van der Waals surface area contributed by atoms with E-state index >= 15 is 0 Å². The highest BCUT2D eigenvalue weighted by Gasteiger charge is 2.16. The van der Waals surface area contributed by atoms with E-state index < -0.39 is 5.97 Å². The fraction of sp³-hybridized carbons (Fsp3) is 0.200. The number of hydrogen-bond acceptors (Lipinski definition) is 7. The lowest BCUT2D eigenvalue weighted by molar-refractivity contribution is 0.0594. The molecule has 0 atom stereocenters. The van der Waals surface area contributed by atoms with Gasteiger partial charge in [-0.15, -0.1) is 0 Å². The Hall–Kier alpha value is -2.64. The molecular formula is C10H11N5O3. The Bertz CT molecular complexity index is 581. The Labute approximate surface area is 102 Å². The third-order valence-corrected chi connectivity index (χ3v) is 2.19. The van der Waals surface area contributed by atoms with Crippen molar-refractivity contribution in [2.24, 2.45) is 0 Å². The Morgan fingerprint density at radius 3 is 2.83 bits per heavy atom. The molecule has 0 fully saturated rings. The van der Waals surface area contributed by atoms with E-state index in [2.05, 4.69) is 19.8 Å². The monoisotopic (exact) mass is 249 g/mol. The van der Waals surface area contributed by atoms with Gasteiger partial charge in [0.05, 0.1) is 26.1 Å². The number of ether oxygens (including phenoxy) is 2. The number of esters is 1. The maximum Gasteiger partial charge on any atom is 0.360 e. The smallest absolute Gasteiger partial charge is 0.360 e. The van der Waals surface area contributed by atoms with Crippen LogP contribution >= 0.6 is 0 Å². The molecule has 18 heavy (non-hydrogen) atoms. The van der Waals surface area contributed by atoms with Crippen LogP contribution in [0.5, 0.6) is 5.88 Å². The van der Waals surface area contributed by atoms with Crippen molar-refractivity contribution in [3.63, 3.8) is 0 Å². The molecule has 0 spiro atoms. The van der Waals surface area contributed by atoms with Crippen LogP contribution < -0.4 is 10.5 Å². The summed E-state index contributed by atoms with van der Waals surface area (Å²) in [5.41, 5.74) is 5.91. The van der Waals surface area contributed by atoms with Crippen LogP contribution in [0.3, 0.4) is 0 Å². The summed E-state index contributed by atoms with van der Waals surface area (Å²) >= 11 is 0. The highest BCUT2D eigenvalue weighted by atomic mass is 16.5. The molecule has 0 radical (unpaired) electrons. The average molecular weight is 249 g/mol. The van der Waals surface area contributed by atoms with E-state index in [4.69, 9.17) is 10.5 Å². The second kappa shape index (κ2) is 4.70. The van der Waals surface area contributed by atoms with Crippen molar-refractivity contribution in [3.05, 3.63) is 24.3 Å². The van der Waals surface area contributed by atoms with Gasteiger partial charge in [0.1, 0.15) is 6.33 Å². The van der Waals surface area contributed by atoms with Gasteiger partial charge in [0.2, 0.25) is 5.88 Å². The lowest BCUT2D eigenvalue weighted by Gasteiger charge is -2.01. The number of carbonyl (C=O) groups is 1. The van der Waals surface area contributed by atoms with Gasteiger partial charge in [-0.2, -0.15) is 5.10 Å². The van der Waals surface area contributed by atoms with E-state index in [1.165, 1.54) is 31.4 Å². The minimum absolute atomic E-state index is 0.0371. The molecule has 0 aliphatic heterocycles. The van der Waals surface area contributed by atoms with E-state index in [0.29, 0.717) is 11.7 Å². The molecule has 0 saturated carbocycles. The molecule has 0 amide bonds. The van der Waals surface area contributed by atoms with Crippen molar-refractivity contribution in [2.75, 3.05) is 20.0 Å². The van der Waals surface area contributed by atoms with Gasteiger partial charge < -0.3 is 15.2 Å². The van der Waals surface area contributed by atoms with Crippen molar-refractivity contribution in [3.8, 4) is 11.7 Å².